The van der Waals surface area contributed by atoms with Crippen LogP contribution in [-0.2, 0) is 0 Å². The molecule has 0 aromatic carbocycles. The van der Waals surface area contributed by atoms with Gasteiger partial charge in [0.25, 0.3) is 0 Å². The molecule has 0 amide bonds. The summed E-state index contributed by atoms with van der Waals surface area (Å²) in [6.07, 6.45) is 2.75. The number of rotatable bonds is 7. The Kier molecular flexibility index (Phi) is 5.42. The molecule has 34 heavy (non-hydrogen) atoms. The lowest BCUT2D eigenvalue weighted by Gasteiger charge is -2.11. The minimum absolute atomic E-state index is 0.0757. The molecule has 0 spiro atoms. The minimum Gasteiger partial charge on any atom is -0.483 e. The molecule has 0 aliphatic heterocycles. The number of imidazole rings is 1. The maximum atomic E-state index is 12.4. The fourth-order valence-electron chi connectivity index (χ4n) is 3.85. The lowest BCUT2D eigenvalue weighted by molar-refractivity contribution is -0.153. The highest BCUT2D eigenvalue weighted by Gasteiger charge is 2.42. The van der Waals surface area contributed by atoms with Crippen molar-refractivity contribution in [2.45, 2.75) is 24.4 Å². The second kappa shape index (κ2) is 8.43. The van der Waals surface area contributed by atoms with E-state index in [1.54, 1.807) is 29.2 Å². The third-order valence-electron chi connectivity index (χ3n) is 5.50. The highest BCUT2D eigenvalue weighted by molar-refractivity contribution is 5.68. The van der Waals surface area contributed by atoms with Gasteiger partial charge in [-0.2, -0.15) is 23.3 Å². The van der Waals surface area contributed by atoms with Gasteiger partial charge in [-0.15, -0.1) is 0 Å². The highest BCUT2D eigenvalue weighted by atomic mass is 19.4. The molecule has 176 valence electrons. The van der Waals surface area contributed by atoms with Crippen LogP contribution < -0.4 is 14.2 Å². The number of ether oxygens (including phenoxy) is 3. The molecular formula is C22H19F3N6O3. The number of alkyl halides is 3. The van der Waals surface area contributed by atoms with Crippen LogP contribution in [0.15, 0.2) is 43.0 Å². The van der Waals surface area contributed by atoms with Crippen LogP contribution in [0, 0.1) is 0 Å². The van der Waals surface area contributed by atoms with Gasteiger partial charge in [0.15, 0.2) is 12.3 Å². The number of halogens is 3. The van der Waals surface area contributed by atoms with Gasteiger partial charge in [0.1, 0.15) is 5.75 Å². The van der Waals surface area contributed by atoms with Crippen molar-refractivity contribution in [3.05, 3.63) is 54.2 Å². The first-order chi connectivity index (χ1) is 16.4. The smallest absolute Gasteiger partial charge is 0.422 e. The summed E-state index contributed by atoms with van der Waals surface area (Å²) in [5, 5.41) is 4.62. The molecule has 12 heteroatoms. The summed E-state index contributed by atoms with van der Waals surface area (Å²) in [6, 6.07) is 5.32. The van der Waals surface area contributed by atoms with Gasteiger partial charge < -0.3 is 14.2 Å². The van der Waals surface area contributed by atoms with Crippen molar-refractivity contribution < 1.29 is 27.4 Å². The Balaban J connectivity index is 1.43. The molecule has 1 saturated carbocycles. The fraction of sp³-hybridized carbons (Fsp3) is 0.318. The van der Waals surface area contributed by atoms with E-state index in [-0.39, 0.29) is 23.6 Å². The minimum atomic E-state index is -4.40. The zero-order chi connectivity index (χ0) is 23.9. The van der Waals surface area contributed by atoms with Gasteiger partial charge in [0, 0.05) is 35.8 Å². The molecule has 0 radical (unpaired) electrons. The third-order valence-corrected chi connectivity index (χ3v) is 5.50. The summed E-state index contributed by atoms with van der Waals surface area (Å²) in [4.78, 5) is 17.2. The van der Waals surface area contributed by atoms with Crippen LogP contribution in [0.5, 0.6) is 17.6 Å². The standard InChI is InChI=1S/C22H19F3N6O3/c1-32-20-16(10-28-21(29-20)33-2)18-8-15(19-26-5-6-31(19)30-18)13-7-14(13)17-4-3-12(9-27-17)34-11-22(23,24)25/h3-6,8-10,13-14H,7,11H2,1-2H3/t13-,14-/m0/s1. The monoisotopic (exact) mass is 472 g/mol. The van der Waals surface area contributed by atoms with Gasteiger partial charge in [0.05, 0.1) is 31.7 Å². The largest absolute Gasteiger partial charge is 0.483 e. The van der Waals surface area contributed by atoms with E-state index >= 15 is 0 Å². The van der Waals surface area contributed by atoms with E-state index in [0.717, 1.165) is 23.3 Å². The SMILES string of the molecule is COc1ncc(-c2cc([C@H]3C[C@@H]3c3ccc(OCC(F)(F)F)cn3)c3nccn3n2)c(OC)n1. The van der Waals surface area contributed by atoms with Gasteiger partial charge >= 0.3 is 12.2 Å². The molecule has 1 fully saturated rings. The van der Waals surface area contributed by atoms with E-state index in [2.05, 4.69) is 25.0 Å². The van der Waals surface area contributed by atoms with E-state index in [1.165, 1.54) is 26.5 Å². The Morgan fingerprint density at radius 1 is 1.06 bits per heavy atom. The summed E-state index contributed by atoms with van der Waals surface area (Å²) in [7, 11) is 2.98. The van der Waals surface area contributed by atoms with E-state index in [4.69, 9.17) is 14.2 Å². The Morgan fingerprint density at radius 3 is 2.62 bits per heavy atom. The summed E-state index contributed by atoms with van der Waals surface area (Å²) in [6.45, 7) is -1.35. The van der Waals surface area contributed by atoms with Crippen LogP contribution in [0.3, 0.4) is 0 Å². The van der Waals surface area contributed by atoms with Crippen LogP contribution in [0.1, 0.15) is 29.5 Å². The molecule has 4 heterocycles. The van der Waals surface area contributed by atoms with Gasteiger partial charge in [-0.05, 0) is 30.5 Å². The molecule has 0 saturated heterocycles. The highest BCUT2D eigenvalue weighted by Crippen LogP contribution is 2.55. The number of pyridine rings is 1. The molecule has 9 nitrogen and oxygen atoms in total. The van der Waals surface area contributed by atoms with Crippen LogP contribution in [0.2, 0.25) is 0 Å². The summed E-state index contributed by atoms with van der Waals surface area (Å²) >= 11 is 0. The molecule has 1 aliphatic rings. The predicted molar refractivity (Wildman–Crippen MR) is 113 cm³/mol. The number of methoxy groups -OCH3 is 2. The number of hydrogen-bond acceptors (Lipinski definition) is 8. The molecule has 4 aromatic rings. The zero-order valence-electron chi connectivity index (χ0n) is 18.2. The molecule has 5 rings (SSSR count). The number of aromatic nitrogens is 6. The van der Waals surface area contributed by atoms with Gasteiger partial charge in [-0.25, -0.2) is 14.5 Å². The number of fused-ring (bicyclic) bond motifs is 1. The van der Waals surface area contributed by atoms with Gasteiger partial charge in [-0.1, -0.05) is 0 Å². The molecule has 0 bridgehead atoms. The van der Waals surface area contributed by atoms with Gasteiger partial charge in [0.2, 0.25) is 5.88 Å². The first-order valence-corrected chi connectivity index (χ1v) is 10.3. The molecule has 2 atom stereocenters. The van der Waals surface area contributed by atoms with Crippen LogP contribution in [0.25, 0.3) is 16.9 Å². The van der Waals surface area contributed by atoms with Crippen molar-refractivity contribution in [2.75, 3.05) is 20.8 Å². The summed E-state index contributed by atoms with van der Waals surface area (Å²) in [5.41, 5.74) is 3.67. The molecule has 4 aromatic heterocycles. The molecule has 0 N–H and O–H groups in total. The van der Waals surface area contributed by atoms with Crippen molar-refractivity contribution in [2.24, 2.45) is 0 Å². The van der Waals surface area contributed by atoms with Crippen LogP contribution in [0.4, 0.5) is 13.2 Å². The zero-order valence-corrected chi connectivity index (χ0v) is 18.2. The van der Waals surface area contributed by atoms with Crippen molar-refractivity contribution in [1.29, 1.82) is 0 Å². The Bertz CT molecular complexity index is 1330. The average molecular weight is 472 g/mol. The molecular weight excluding hydrogens is 453 g/mol. The Labute approximate surface area is 191 Å². The molecule has 1 aliphatic carbocycles. The number of hydrogen-bond donors (Lipinski definition) is 0. The quantitative estimate of drug-likeness (QED) is 0.401. The number of nitrogens with zero attached hydrogens (tertiary/aromatic N) is 6. The normalized spacial score (nSPS) is 17.6. The van der Waals surface area contributed by atoms with Crippen molar-refractivity contribution in [1.82, 2.24) is 29.5 Å². The maximum absolute atomic E-state index is 12.4. The van der Waals surface area contributed by atoms with Crippen LogP contribution in [-0.4, -0.2) is 56.6 Å². The topological polar surface area (TPSA) is 96.6 Å². The maximum Gasteiger partial charge on any atom is 0.422 e. The second-order valence-corrected chi connectivity index (χ2v) is 7.73. The first-order valence-electron chi connectivity index (χ1n) is 10.3. The Hall–Kier alpha value is -3.96. The van der Waals surface area contributed by atoms with E-state index in [1.807, 2.05) is 6.07 Å². The van der Waals surface area contributed by atoms with Crippen molar-refractivity contribution >= 4 is 5.65 Å². The van der Waals surface area contributed by atoms with E-state index < -0.39 is 12.8 Å². The first kappa shape index (κ1) is 21.9. The van der Waals surface area contributed by atoms with Gasteiger partial charge in [-0.3, -0.25) is 4.98 Å². The predicted octanol–water partition coefficient (Wildman–Crippen LogP) is 3.81. The van der Waals surface area contributed by atoms with E-state index in [9.17, 15) is 13.2 Å². The summed E-state index contributed by atoms with van der Waals surface area (Å²) in [5.74, 6) is 0.618. The molecule has 0 unspecified atom stereocenters. The summed E-state index contributed by atoms with van der Waals surface area (Å²) < 4.78 is 54.0. The van der Waals surface area contributed by atoms with Crippen molar-refractivity contribution in [3.63, 3.8) is 0 Å². The third kappa shape index (κ3) is 4.30. The van der Waals surface area contributed by atoms with Crippen LogP contribution >= 0.6 is 0 Å². The second-order valence-electron chi connectivity index (χ2n) is 7.73. The fourth-order valence-corrected chi connectivity index (χ4v) is 3.85. The van der Waals surface area contributed by atoms with E-state index in [0.29, 0.717) is 17.1 Å². The van der Waals surface area contributed by atoms with Crippen molar-refractivity contribution in [3.8, 4) is 28.9 Å². The average Bonchev–Trinajstić information content (AvgIpc) is 3.49. The Morgan fingerprint density at radius 2 is 1.91 bits per heavy atom. The lowest BCUT2D eigenvalue weighted by Crippen LogP contribution is -2.19. The lowest BCUT2D eigenvalue weighted by atomic mass is 10.1.